The Morgan fingerprint density at radius 1 is 1.12 bits per heavy atom. The largest absolute Gasteiger partial charge is 0.467 e. The molecule has 132 valence electrons. The fraction of sp³-hybridized carbons (Fsp3) is 0.158. The summed E-state index contributed by atoms with van der Waals surface area (Å²) in [7, 11) is 1.27. The summed E-state index contributed by atoms with van der Waals surface area (Å²) in [5.41, 5.74) is 2.46. The summed E-state index contributed by atoms with van der Waals surface area (Å²) in [6.07, 6.45) is 1.76. The summed E-state index contributed by atoms with van der Waals surface area (Å²) in [4.78, 5) is 33.3. The summed E-state index contributed by atoms with van der Waals surface area (Å²) in [6, 6.07) is 12.9. The number of aromatic nitrogens is 2. The van der Waals surface area contributed by atoms with Gasteiger partial charge in [-0.25, -0.2) is 9.78 Å². The predicted octanol–water partition coefficient (Wildman–Crippen LogP) is 2.80. The fourth-order valence-corrected chi connectivity index (χ4v) is 2.61. The summed E-state index contributed by atoms with van der Waals surface area (Å²) >= 11 is 5.83. The van der Waals surface area contributed by atoms with Crippen LogP contribution in [-0.4, -0.2) is 35.0 Å². The number of hydrogen-bond donors (Lipinski definition) is 1. The molecular weight excluding hydrogens is 354 g/mol. The van der Waals surface area contributed by atoms with Crippen molar-refractivity contribution in [3.63, 3.8) is 0 Å². The topological polar surface area (TPSA) is 81.2 Å². The number of hydrogen-bond acceptors (Lipinski definition) is 5. The maximum atomic E-state index is 12.4. The first-order valence-electron chi connectivity index (χ1n) is 7.92. The maximum Gasteiger partial charge on any atom is 0.328 e. The van der Waals surface area contributed by atoms with Crippen molar-refractivity contribution in [2.45, 2.75) is 12.5 Å². The molecule has 1 heterocycles. The van der Waals surface area contributed by atoms with Gasteiger partial charge in [-0.15, -0.1) is 0 Å². The number of fused-ring (bicyclic) bond motifs is 1. The number of carbonyl (C=O) groups is 2. The molecule has 3 rings (SSSR count). The van der Waals surface area contributed by atoms with Crippen molar-refractivity contribution in [2.75, 3.05) is 7.11 Å². The zero-order valence-corrected chi connectivity index (χ0v) is 14.7. The average molecular weight is 370 g/mol. The van der Waals surface area contributed by atoms with Crippen molar-refractivity contribution in [3.05, 3.63) is 71.0 Å². The zero-order valence-electron chi connectivity index (χ0n) is 14.0. The molecule has 2 aromatic carbocycles. The molecular formula is C19H16ClN3O3. The van der Waals surface area contributed by atoms with Gasteiger partial charge in [0.05, 0.1) is 23.8 Å². The average Bonchev–Trinajstić information content (AvgIpc) is 2.67. The highest BCUT2D eigenvalue weighted by molar-refractivity contribution is 6.30. The normalized spacial score (nSPS) is 11.8. The Labute approximate surface area is 155 Å². The van der Waals surface area contributed by atoms with Gasteiger partial charge in [-0.1, -0.05) is 23.7 Å². The molecule has 7 heteroatoms. The van der Waals surface area contributed by atoms with Crippen LogP contribution in [0.3, 0.4) is 0 Å². The highest BCUT2D eigenvalue weighted by atomic mass is 35.5. The molecule has 0 fully saturated rings. The van der Waals surface area contributed by atoms with Gasteiger partial charge in [-0.3, -0.25) is 9.78 Å². The summed E-state index contributed by atoms with van der Waals surface area (Å²) < 4.78 is 4.80. The standard InChI is InChI=1S/C19H16ClN3O3/c1-26-19(25)17(23-18(24)12-6-8-13(20)9-7-12)10-14-11-21-15-4-2-3-5-16(15)22-14/h2-9,11,17H,10H2,1H3,(H,23,24)/t17-/m0/s1. The first kappa shape index (κ1) is 17.8. The lowest BCUT2D eigenvalue weighted by Crippen LogP contribution is -2.43. The molecule has 6 nitrogen and oxygen atoms in total. The van der Waals surface area contributed by atoms with Crippen LogP contribution in [0.4, 0.5) is 0 Å². The lowest BCUT2D eigenvalue weighted by atomic mass is 10.1. The number of benzene rings is 2. The number of methoxy groups -OCH3 is 1. The van der Waals surface area contributed by atoms with Crippen molar-refractivity contribution in [1.29, 1.82) is 0 Å². The Morgan fingerprint density at radius 2 is 1.81 bits per heavy atom. The highest BCUT2D eigenvalue weighted by Gasteiger charge is 2.23. The van der Waals surface area contributed by atoms with Gasteiger partial charge in [0.1, 0.15) is 6.04 Å². The Hall–Kier alpha value is -2.99. The molecule has 0 saturated carbocycles. The quantitative estimate of drug-likeness (QED) is 0.699. The molecule has 1 N–H and O–H groups in total. The third-order valence-electron chi connectivity index (χ3n) is 3.81. The Balaban J connectivity index is 1.79. The van der Waals surface area contributed by atoms with Gasteiger partial charge in [0.2, 0.25) is 0 Å². The number of carbonyl (C=O) groups excluding carboxylic acids is 2. The minimum absolute atomic E-state index is 0.170. The van der Waals surface area contributed by atoms with Gasteiger partial charge in [0, 0.05) is 23.2 Å². The lowest BCUT2D eigenvalue weighted by molar-refractivity contribution is -0.142. The Bertz CT molecular complexity index is 944. The number of nitrogens with zero attached hydrogens (tertiary/aromatic N) is 2. The van der Waals surface area contributed by atoms with Gasteiger partial charge in [-0.2, -0.15) is 0 Å². The SMILES string of the molecule is COC(=O)[C@H](Cc1cnc2ccccc2n1)NC(=O)c1ccc(Cl)cc1. The molecule has 0 aliphatic rings. The molecule has 0 aliphatic heterocycles. The van der Waals surface area contributed by atoms with Crippen LogP contribution in [0.25, 0.3) is 11.0 Å². The molecule has 1 aromatic heterocycles. The van der Waals surface area contributed by atoms with Crippen LogP contribution < -0.4 is 5.32 Å². The van der Waals surface area contributed by atoms with E-state index in [2.05, 4.69) is 15.3 Å². The summed E-state index contributed by atoms with van der Waals surface area (Å²) in [5.74, 6) is -0.951. The van der Waals surface area contributed by atoms with Crippen molar-refractivity contribution in [3.8, 4) is 0 Å². The van der Waals surface area contributed by atoms with Crippen molar-refractivity contribution in [2.24, 2.45) is 0 Å². The number of rotatable bonds is 5. The molecule has 0 aliphatic carbocycles. The number of para-hydroxylation sites is 2. The van der Waals surface area contributed by atoms with Gasteiger partial charge in [0.25, 0.3) is 5.91 Å². The van der Waals surface area contributed by atoms with E-state index in [0.717, 1.165) is 11.0 Å². The molecule has 0 bridgehead atoms. The minimum Gasteiger partial charge on any atom is -0.467 e. The van der Waals surface area contributed by atoms with Crippen molar-refractivity contribution >= 4 is 34.5 Å². The Kier molecular flexibility index (Phi) is 5.43. The molecule has 0 spiro atoms. The van der Waals surface area contributed by atoms with Gasteiger partial charge in [0.15, 0.2) is 0 Å². The second-order valence-electron chi connectivity index (χ2n) is 5.61. The molecule has 26 heavy (non-hydrogen) atoms. The van der Waals surface area contributed by atoms with E-state index in [1.807, 2.05) is 24.3 Å². The zero-order chi connectivity index (χ0) is 18.5. The number of nitrogens with one attached hydrogen (secondary N) is 1. The number of ether oxygens (including phenoxy) is 1. The van der Waals surface area contributed by atoms with E-state index in [9.17, 15) is 9.59 Å². The lowest BCUT2D eigenvalue weighted by Gasteiger charge is -2.16. The van der Waals surface area contributed by atoms with Crippen LogP contribution in [0.15, 0.2) is 54.7 Å². The third kappa shape index (κ3) is 4.15. The number of amides is 1. The Morgan fingerprint density at radius 3 is 2.50 bits per heavy atom. The molecule has 0 saturated heterocycles. The van der Waals surface area contributed by atoms with Gasteiger partial charge in [-0.05, 0) is 36.4 Å². The van der Waals surface area contributed by atoms with E-state index in [-0.39, 0.29) is 6.42 Å². The van der Waals surface area contributed by atoms with Crippen molar-refractivity contribution < 1.29 is 14.3 Å². The minimum atomic E-state index is -0.876. The molecule has 0 unspecified atom stereocenters. The second-order valence-corrected chi connectivity index (χ2v) is 6.05. The molecule has 0 radical (unpaired) electrons. The van der Waals surface area contributed by atoms with Crippen LogP contribution in [-0.2, 0) is 16.0 Å². The monoisotopic (exact) mass is 369 g/mol. The van der Waals surface area contributed by atoms with E-state index >= 15 is 0 Å². The van der Waals surface area contributed by atoms with E-state index in [0.29, 0.717) is 16.3 Å². The number of esters is 1. The molecule has 1 amide bonds. The van der Waals surface area contributed by atoms with Gasteiger partial charge >= 0.3 is 5.97 Å². The van der Waals surface area contributed by atoms with E-state index in [1.54, 1.807) is 30.5 Å². The summed E-state index contributed by atoms with van der Waals surface area (Å²) in [5, 5.41) is 3.20. The van der Waals surface area contributed by atoms with E-state index in [1.165, 1.54) is 7.11 Å². The fourth-order valence-electron chi connectivity index (χ4n) is 2.48. The van der Waals surface area contributed by atoms with Crippen LogP contribution in [0.1, 0.15) is 16.1 Å². The van der Waals surface area contributed by atoms with Crippen LogP contribution in [0, 0.1) is 0 Å². The van der Waals surface area contributed by atoms with E-state index < -0.39 is 17.9 Å². The molecule has 3 aromatic rings. The maximum absolute atomic E-state index is 12.4. The van der Waals surface area contributed by atoms with Crippen molar-refractivity contribution in [1.82, 2.24) is 15.3 Å². The van der Waals surface area contributed by atoms with E-state index in [4.69, 9.17) is 16.3 Å². The summed E-state index contributed by atoms with van der Waals surface area (Å²) in [6.45, 7) is 0. The first-order chi connectivity index (χ1) is 12.6. The third-order valence-corrected chi connectivity index (χ3v) is 4.06. The predicted molar refractivity (Wildman–Crippen MR) is 98.0 cm³/mol. The van der Waals surface area contributed by atoms with Gasteiger partial charge < -0.3 is 10.1 Å². The highest BCUT2D eigenvalue weighted by Crippen LogP contribution is 2.12. The van der Waals surface area contributed by atoms with Crippen LogP contribution >= 0.6 is 11.6 Å². The number of halogens is 1. The first-order valence-corrected chi connectivity index (χ1v) is 8.29. The van der Waals surface area contributed by atoms with Crippen LogP contribution in [0.2, 0.25) is 5.02 Å². The van der Waals surface area contributed by atoms with Crippen LogP contribution in [0.5, 0.6) is 0 Å². The smallest absolute Gasteiger partial charge is 0.328 e. The molecule has 1 atom stereocenters. The second kappa shape index (κ2) is 7.93.